The van der Waals surface area contributed by atoms with Crippen molar-refractivity contribution in [1.29, 1.82) is 0 Å². The Morgan fingerprint density at radius 1 is 1.11 bits per heavy atom. The Morgan fingerprint density at radius 2 is 1.79 bits per heavy atom. The third-order valence-corrected chi connectivity index (χ3v) is 7.75. The van der Waals surface area contributed by atoms with E-state index in [0.717, 1.165) is 56.5 Å². The predicted molar refractivity (Wildman–Crippen MR) is 141 cm³/mol. The number of benzene rings is 1. The second-order valence-electron chi connectivity index (χ2n) is 11.2. The van der Waals surface area contributed by atoms with Crippen molar-refractivity contribution in [3.05, 3.63) is 53.3 Å². The molecule has 2 heterocycles. The van der Waals surface area contributed by atoms with Crippen LogP contribution in [0.4, 0.5) is 13.2 Å². The van der Waals surface area contributed by atoms with E-state index in [1.54, 1.807) is 0 Å². The highest BCUT2D eigenvalue weighted by atomic mass is 28.3. The summed E-state index contributed by atoms with van der Waals surface area (Å²) in [5.74, 6) is 2.19. The second kappa shape index (κ2) is 11.3. The summed E-state index contributed by atoms with van der Waals surface area (Å²) >= 11 is 0. The van der Waals surface area contributed by atoms with Crippen molar-refractivity contribution in [2.24, 2.45) is 0 Å². The zero-order valence-corrected chi connectivity index (χ0v) is 22.9. The molecule has 2 N–H and O–H groups in total. The van der Waals surface area contributed by atoms with Crippen LogP contribution in [-0.4, -0.2) is 66.3 Å². The molecule has 2 amide bonds. The van der Waals surface area contributed by atoms with Crippen LogP contribution in [0.1, 0.15) is 53.2 Å². The Morgan fingerprint density at radius 3 is 2.45 bits per heavy atom. The lowest BCUT2D eigenvalue weighted by molar-refractivity contribution is -0.137. The van der Waals surface area contributed by atoms with Gasteiger partial charge in [0.2, 0.25) is 5.91 Å². The van der Waals surface area contributed by atoms with E-state index in [2.05, 4.69) is 62.6 Å². The molecular weight excluding hydrogens is 511 g/mol. The van der Waals surface area contributed by atoms with E-state index in [1.165, 1.54) is 12.1 Å². The lowest BCUT2D eigenvalue weighted by Gasteiger charge is -2.46. The fourth-order valence-electron chi connectivity index (χ4n) is 4.83. The summed E-state index contributed by atoms with van der Waals surface area (Å²) in [6.07, 6.45) is 3.59. The van der Waals surface area contributed by atoms with Crippen LogP contribution in [0.3, 0.4) is 0 Å². The van der Waals surface area contributed by atoms with Crippen molar-refractivity contribution in [3.8, 4) is 11.5 Å². The van der Waals surface area contributed by atoms with Gasteiger partial charge in [0.1, 0.15) is 8.07 Å². The van der Waals surface area contributed by atoms with Gasteiger partial charge in [0, 0.05) is 30.9 Å². The molecular formula is C27H34F3N5O2Si. The van der Waals surface area contributed by atoms with Gasteiger partial charge in [-0.05, 0) is 43.9 Å². The quantitative estimate of drug-likeness (QED) is 0.427. The Bertz CT molecular complexity index is 1210. The van der Waals surface area contributed by atoms with E-state index >= 15 is 0 Å². The highest BCUT2D eigenvalue weighted by Crippen LogP contribution is 2.33. The number of hydrogen-bond donors (Lipinski definition) is 2. The van der Waals surface area contributed by atoms with E-state index < -0.39 is 25.7 Å². The maximum Gasteiger partial charge on any atom is 0.416 e. The van der Waals surface area contributed by atoms with E-state index in [0.29, 0.717) is 12.1 Å². The van der Waals surface area contributed by atoms with Crippen molar-refractivity contribution in [2.75, 3.05) is 19.6 Å². The van der Waals surface area contributed by atoms with Gasteiger partial charge in [-0.3, -0.25) is 19.2 Å². The summed E-state index contributed by atoms with van der Waals surface area (Å²) in [6, 6.07) is 4.99. The van der Waals surface area contributed by atoms with Crippen LogP contribution in [0, 0.1) is 11.5 Å². The molecule has 1 aromatic carbocycles. The lowest BCUT2D eigenvalue weighted by atomic mass is 9.88. The normalized spacial score (nSPS) is 20.7. The molecule has 204 valence electrons. The second-order valence-corrected chi connectivity index (χ2v) is 15.9. The minimum Gasteiger partial charge on any atom is -0.349 e. The van der Waals surface area contributed by atoms with Gasteiger partial charge >= 0.3 is 6.18 Å². The summed E-state index contributed by atoms with van der Waals surface area (Å²) in [7, 11) is -1.42. The van der Waals surface area contributed by atoms with Crippen molar-refractivity contribution in [3.63, 3.8) is 0 Å². The van der Waals surface area contributed by atoms with Crippen LogP contribution in [0.25, 0.3) is 0 Å². The van der Waals surface area contributed by atoms with Gasteiger partial charge in [-0.15, -0.1) is 5.54 Å². The molecule has 11 heteroatoms. The van der Waals surface area contributed by atoms with Crippen molar-refractivity contribution >= 4 is 19.9 Å². The minimum absolute atomic E-state index is 0.00398. The highest BCUT2D eigenvalue weighted by molar-refractivity contribution is 6.83. The predicted octanol–water partition coefficient (Wildman–Crippen LogP) is 3.84. The smallest absolute Gasteiger partial charge is 0.349 e. The van der Waals surface area contributed by atoms with Crippen LogP contribution in [0.2, 0.25) is 19.6 Å². The number of aromatic nitrogens is 2. The van der Waals surface area contributed by atoms with Crippen LogP contribution in [0.5, 0.6) is 0 Å². The molecule has 1 saturated heterocycles. The number of hydrogen-bond acceptors (Lipinski definition) is 4. The average molecular weight is 546 g/mol. The van der Waals surface area contributed by atoms with Gasteiger partial charge in [0.05, 0.1) is 36.0 Å². The van der Waals surface area contributed by atoms with Gasteiger partial charge < -0.3 is 10.6 Å². The third-order valence-electron chi connectivity index (χ3n) is 6.88. The summed E-state index contributed by atoms with van der Waals surface area (Å²) in [6.45, 7) is 7.88. The Balaban J connectivity index is 1.15. The van der Waals surface area contributed by atoms with E-state index in [-0.39, 0.29) is 24.1 Å². The fraction of sp³-hybridized carbons (Fsp3) is 0.519. The number of carbonyl (C=O) groups excluding carboxylic acids is 2. The average Bonchev–Trinajstić information content (AvgIpc) is 3.32. The fourth-order valence-corrected chi connectivity index (χ4v) is 5.35. The molecule has 1 aromatic heterocycles. The van der Waals surface area contributed by atoms with E-state index in [4.69, 9.17) is 0 Å². The first-order chi connectivity index (χ1) is 17.9. The molecule has 0 atom stereocenters. The van der Waals surface area contributed by atoms with Gasteiger partial charge in [0.15, 0.2) is 0 Å². The molecule has 2 fully saturated rings. The zero-order chi connectivity index (χ0) is 27.5. The molecule has 2 aromatic rings. The van der Waals surface area contributed by atoms with Gasteiger partial charge in [-0.25, -0.2) is 0 Å². The van der Waals surface area contributed by atoms with Gasteiger partial charge in [-0.2, -0.15) is 18.3 Å². The topological polar surface area (TPSA) is 79.3 Å². The van der Waals surface area contributed by atoms with Crippen LogP contribution >= 0.6 is 0 Å². The summed E-state index contributed by atoms with van der Waals surface area (Å²) < 4.78 is 40.6. The molecule has 0 radical (unpaired) electrons. The van der Waals surface area contributed by atoms with Crippen LogP contribution < -0.4 is 10.6 Å². The number of nitrogens with zero attached hydrogens (tertiary/aromatic N) is 3. The van der Waals surface area contributed by atoms with Gasteiger partial charge in [-0.1, -0.05) is 31.6 Å². The highest BCUT2D eigenvalue weighted by Gasteiger charge is 2.36. The molecule has 0 unspecified atom stereocenters. The minimum atomic E-state index is -4.53. The first kappa shape index (κ1) is 27.9. The standard InChI is InChI=1S/C27H34F3N5O2Si/c1-38(2,3)12-11-19-14-32-35(16-19)24-9-7-23(8-10-24)34-17-22(18-34)33-25(36)15-31-26(37)20-5-4-6-21(13-20)27(28,29)30/h4-6,13-14,16,22-24H,7-10,15,17-18H2,1-3H3,(H,31,37)(H,33,36). The first-order valence-electron chi connectivity index (χ1n) is 12.9. The van der Waals surface area contributed by atoms with E-state index in [9.17, 15) is 22.8 Å². The Kier molecular flexibility index (Phi) is 8.33. The number of nitrogens with one attached hydrogen (secondary N) is 2. The van der Waals surface area contributed by atoms with Crippen molar-refractivity contribution in [1.82, 2.24) is 25.3 Å². The molecule has 2 aliphatic rings. The molecule has 1 saturated carbocycles. The van der Waals surface area contributed by atoms with Crippen LogP contribution in [0.15, 0.2) is 36.7 Å². The number of carbonyl (C=O) groups is 2. The lowest BCUT2D eigenvalue weighted by Crippen LogP contribution is -2.63. The molecule has 1 aliphatic carbocycles. The van der Waals surface area contributed by atoms with Gasteiger partial charge in [0.25, 0.3) is 5.91 Å². The number of halogens is 3. The molecule has 1 aliphatic heterocycles. The summed E-state index contributed by atoms with van der Waals surface area (Å²) in [5.41, 5.74) is 3.31. The number of amides is 2. The summed E-state index contributed by atoms with van der Waals surface area (Å²) in [4.78, 5) is 26.8. The van der Waals surface area contributed by atoms with Crippen LogP contribution in [-0.2, 0) is 11.0 Å². The zero-order valence-electron chi connectivity index (χ0n) is 21.9. The Labute approximate surface area is 222 Å². The SMILES string of the molecule is C[Si](C)(C)C#Cc1cnn(C2CCC(N3CC(NC(=O)CNC(=O)c4cccc(C(F)(F)F)c4)C3)CC2)c1. The number of alkyl halides is 3. The Hall–Kier alpha value is -3.10. The third kappa shape index (κ3) is 7.48. The van der Waals surface area contributed by atoms with E-state index in [1.807, 2.05) is 6.20 Å². The monoisotopic (exact) mass is 545 g/mol. The molecule has 0 spiro atoms. The molecule has 0 bridgehead atoms. The van der Waals surface area contributed by atoms with Crippen molar-refractivity contribution < 1.29 is 22.8 Å². The summed E-state index contributed by atoms with van der Waals surface area (Å²) in [5, 5.41) is 9.83. The molecule has 38 heavy (non-hydrogen) atoms. The largest absolute Gasteiger partial charge is 0.416 e. The maximum atomic E-state index is 12.8. The first-order valence-corrected chi connectivity index (χ1v) is 16.4. The number of rotatable bonds is 6. The maximum absolute atomic E-state index is 12.8. The molecule has 4 rings (SSSR count). The van der Waals surface area contributed by atoms with Crippen molar-refractivity contribution in [2.45, 2.75) is 69.6 Å². The molecule has 7 nitrogen and oxygen atoms in total. The number of likely N-dealkylation sites (tertiary alicyclic amines) is 1.